The minimum atomic E-state index is -3.64. The minimum Gasteiger partial charge on any atom is -0.396 e. The van der Waals surface area contributed by atoms with Crippen LogP contribution >= 0.6 is 0 Å². The zero-order valence-corrected chi connectivity index (χ0v) is 14.0. The van der Waals surface area contributed by atoms with E-state index >= 15 is 0 Å². The number of hydrogen-bond donors (Lipinski definition) is 1. The quantitative estimate of drug-likeness (QED) is 0.806. The maximum absolute atomic E-state index is 12.7. The summed E-state index contributed by atoms with van der Waals surface area (Å²) in [6, 6.07) is 5.82. The second-order valence-electron chi connectivity index (χ2n) is 6.17. The van der Waals surface area contributed by atoms with Crippen LogP contribution in [0.2, 0.25) is 0 Å². The Labute approximate surface area is 140 Å². The van der Waals surface area contributed by atoms with E-state index in [2.05, 4.69) is 0 Å². The maximum atomic E-state index is 12.7. The number of aliphatic hydroxyl groups excluding tert-OH is 1. The van der Waals surface area contributed by atoms with E-state index in [9.17, 15) is 23.1 Å². The fourth-order valence-corrected chi connectivity index (χ4v) is 4.73. The number of amides is 2. The Morgan fingerprint density at radius 2 is 1.71 bits per heavy atom. The summed E-state index contributed by atoms with van der Waals surface area (Å²) in [4.78, 5) is 24.7. The highest BCUT2D eigenvalue weighted by Gasteiger charge is 2.32. The summed E-state index contributed by atoms with van der Waals surface area (Å²) in [7, 11) is -3.64. The molecule has 0 aromatic heterocycles. The molecule has 2 aliphatic rings. The molecule has 0 spiro atoms. The van der Waals surface area contributed by atoms with E-state index in [1.165, 1.54) is 28.6 Å². The molecule has 24 heavy (non-hydrogen) atoms. The summed E-state index contributed by atoms with van der Waals surface area (Å²) >= 11 is 0. The molecule has 7 nitrogen and oxygen atoms in total. The first-order chi connectivity index (χ1) is 11.4. The molecule has 0 radical (unpaired) electrons. The summed E-state index contributed by atoms with van der Waals surface area (Å²) in [5.74, 6) is -0.567. The van der Waals surface area contributed by atoms with Gasteiger partial charge in [-0.05, 0) is 43.0 Å². The monoisotopic (exact) mass is 352 g/mol. The Kier molecular flexibility index (Phi) is 4.71. The highest BCUT2D eigenvalue weighted by molar-refractivity contribution is 7.89. The first-order valence-electron chi connectivity index (χ1n) is 8.00. The Bertz CT molecular complexity index is 728. The topological polar surface area (TPSA) is 95.0 Å². The molecule has 2 fully saturated rings. The largest absolute Gasteiger partial charge is 0.396 e. The van der Waals surface area contributed by atoms with E-state index in [0.29, 0.717) is 18.8 Å². The third-order valence-corrected chi connectivity index (χ3v) is 6.40. The van der Waals surface area contributed by atoms with Gasteiger partial charge in [-0.25, -0.2) is 8.42 Å². The number of benzene rings is 1. The highest BCUT2D eigenvalue weighted by Crippen LogP contribution is 2.27. The Hall–Kier alpha value is -1.77. The lowest BCUT2D eigenvalue weighted by atomic mass is 10.0. The van der Waals surface area contributed by atoms with Crippen LogP contribution < -0.4 is 4.90 Å². The van der Waals surface area contributed by atoms with E-state index in [0.717, 1.165) is 17.7 Å². The van der Waals surface area contributed by atoms with Gasteiger partial charge in [-0.3, -0.25) is 14.5 Å². The molecule has 2 amide bonds. The van der Waals surface area contributed by atoms with Crippen LogP contribution in [0.1, 0.15) is 25.7 Å². The van der Waals surface area contributed by atoms with Gasteiger partial charge in [-0.2, -0.15) is 4.31 Å². The van der Waals surface area contributed by atoms with Gasteiger partial charge in [0.1, 0.15) is 0 Å². The van der Waals surface area contributed by atoms with Crippen LogP contribution in [0.15, 0.2) is 29.2 Å². The van der Waals surface area contributed by atoms with Crippen molar-refractivity contribution < 1.29 is 23.1 Å². The molecule has 1 aromatic carbocycles. The van der Waals surface area contributed by atoms with Gasteiger partial charge in [0, 0.05) is 32.5 Å². The molecule has 1 N–H and O–H groups in total. The SMILES string of the molecule is O=C1CCC(=O)N1c1ccc(S(=O)(=O)N2CCCC(CO)C2)cc1. The van der Waals surface area contributed by atoms with Gasteiger partial charge in [0.15, 0.2) is 0 Å². The summed E-state index contributed by atoms with van der Waals surface area (Å²) in [6.07, 6.45) is 1.92. The van der Waals surface area contributed by atoms with Crippen molar-refractivity contribution in [3.05, 3.63) is 24.3 Å². The van der Waals surface area contributed by atoms with Gasteiger partial charge in [-0.15, -0.1) is 0 Å². The van der Waals surface area contributed by atoms with Crippen molar-refractivity contribution in [1.29, 1.82) is 0 Å². The number of piperidine rings is 1. The van der Waals surface area contributed by atoms with E-state index in [1.807, 2.05) is 0 Å². The standard InChI is InChI=1S/C16H20N2O5S/c19-11-12-2-1-9-17(10-12)24(22,23)14-5-3-13(4-6-14)18-15(20)7-8-16(18)21/h3-6,12,19H,1-2,7-11H2. The van der Waals surface area contributed by atoms with Crippen LogP contribution in [0.25, 0.3) is 0 Å². The number of hydrogen-bond acceptors (Lipinski definition) is 5. The third kappa shape index (κ3) is 3.09. The molecule has 1 unspecified atom stereocenters. The highest BCUT2D eigenvalue weighted by atomic mass is 32.2. The van der Waals surface area contributed by atoms with E-state index in [4.69, 9.17) is 0 Å². The lowest BCUT2D eigenvalue weighted by molar-refractivity contribution is -0.121. The van der Waals surface area contributed by atoms with Crippen LogP contribution in [-0.4, -0.2) is 49.3 Å². The van der Waals surface area contributed by atoms with Crippen LogP contribution in [0.5, 0.6) is 0 Å². The number of rotatable bonds is 4. The molecule has 1 atom stereocenters. The number of nitrogens with zero attached hydrogens (tertiary/aromatic N) is 2. The second-order valence-corrected chi connectivity index (χ2v) is 8.11. The van der Waals surface area contributed by atoms with Gasteiger partial charge in [0.2, 0.25) is 21.8 Å². The van der Waals surface area contributed by atoms with Crippen molar-refractivity contribution in [2.75, 3.05) is 24.6 Å². The molecule has 2 heterocycles. The molecule has 0 bridgehead atoms. The third-order valence-electron chi connectivity index (χ3n) is 4.52. The number of aliphatic hydroxyl groups is 1. The number of imide groups is 1. The number of sulfonamides is 1. The smallest absolute Gasteiger partial charge is 0.243 e. The average molecular weight is 352 g/mol. The van der Waals surface area contributed by atoms with Crippen LogP contribution in [-0.2, 0) is 19.6 Å². The summed E-state index contributed by atoms with van der Waals surface area (Å²) in [5, 5.41) is 9.26. The van der Waals surface area contributed by atoms with Gasteiger partial charge in [0.05, 0.1) is 10.6 Å². The first kappa shape index (κ1) is 17.1. The molecule has 3 rings (SSSR count). The van der Waals surface area contributed by atoms with Crippen molar-refractivity contribution in [3.8, 4) is 0 Å². The fraction of sp³-hybridized carbons (Fsp3) is 0.500. The van der Waals surface area contributed by atoms with Crippen LogP contribution in [0, 0.1) is 5.92 Å². The van der Waals surface area contributed by atoms with E-state index in [-0.39, 0.29) is 42.1 Å². The van der Waals surface area contributed by atoms with Crippen molar-refractivity contribution in [1.82, 2.24) is 4.31 Å². The molecular weight excluding hydrogens is 332 g/mol. The molecular formula is C16H20N2O5S. The minimum absolute atomic E-state index is 0.0237. The van der Waals surface area contributed by atoms with Crippen molar-refractivity contribution in [3.63, 3.8) is 0 Å². The van der Waals surface area contributed by atoms with Crippen molar-refractivity contribution in [2.45, 2.75) is 30.6 Å². The number of carbonyl (C=O) groups is 2. The van der Waals surface area contributed by atoms with Gasteiger partial charge >= 0.3 is 0 Å². The lowest BCUT2D eigenvalue weighted by Gasteiger charge is -2.31. The van der Waals surface area contributed by atoms with Gasteiger partial charge < -0.3 is 5.11 Å². The van der Waals surface area contributed by atoms with Crippen LogP contribution in [0.4, 0.5) is 5.69 Å². The van der Waals surface area contributed by atoms with E-state index < -0.39 is 10.0 Å². The van der Waals surface area contributed by atoms with E-state index in [1.54, 1.807) is 0 Å². The first-order valence-corrected chi connectivity index (χ1v) is 9.44. The number of anilines is 1. The predicted octanol–water partition coefficient (Wildman–Crippen LogP) is 0.733. The predicted molar refractivity (Wildman–Crippen MR) is 86.7 cm³/mol. The number of carbonyl (C=O) groups excluding carboxylic acids is 2. The molecule has 0 aliphatic carbocycles. The Balaban J connectivity index is 1.82. The molecule has 2 aliphatic heterocycles. The van der Waals surface area contributed by atoms with Crippen LogP contribution in [0.3, 0.4) is 0 Å². The zero-order valence-electron chi connectivity index (χ0n) is 13.2. The lowest BCUT2D eigenvalue weighted by Crippen LogP contribution is -2.40. The molecule has 2 saturated heterocycles. The van der Waals surface area contributed by atoms with Gasteiger partial charge in [0.25, 0.3) is 0 Å². The normalized spacial score (nSPS) is 23.0. The Morgan fingerprint density at radius 1 is 1.08 bits per heavy atom. The Morgan fingerprint density at radius 3 is 2.29 bits per heavy atom. The second kappa shape index (κ2) is 6.62. The maximum Gasteiger partial charge on any atom is 0.243 e. The summed E-state index contributed by atoms with van der Waals surface area (Å²) in [6.45, 7) is 0.720. The molecule has 8 heteroatoms. The van der Waals surface area contributed by atoms with Crippen molar-refractivity contribution in [2.24, 2.45) is 5.92 Å². The molecule has 130 valence electrons. The van der Waals surface area contributed by atoms with Crippen molar-refractivity contribution >= 4 is 27.5 Å². The summed E-state index contributed by atoms with van der Waals surface area (Å²) < 4.78 is 26.8. The average Bonchev–Trinajstić information content (AvgIpc) is 2.93. The zero-order chi connectivity index (χ0) is 17.3. The molecule has 1 aromatic rings. The summed E-state index contributed by atoms with van der Waals surface area (Å²) in [5.41, 5.74) is 0.397. The fourth-order valence-electron chi connectivity index (χ4n) is 3.17. The molecule has 0 saturated carbocycles. The van der Waals surface area contributed by atoms with Gasteiger partial charge in [-0.1, -0.05) is 0 Å².